The van der Waals surface area contributed by atoms with Crippen molar-refractivity contribution in [1.29, 1.82) is 0 Å². The van der Waals surface area contributed by atoms with Gasteiger partial charge >= 0.3 is 0 Å². The Hall–Kier alpha value is -1.66. The van der Waals surface area contributed by atoms with Gasteiger partial charge in [0.05, 0.1) is 18.1 Å². The SMILES string of the molecule is CCC[C@@H](CO)OC(C)n1ccc2c(N)ncnc21. The van der Waals surface area contributed by atoms with Crippen molar-refractivity contribution >= 4 is 16.9 Å². The lowest BCUT2D eigenvalue weighted by molar-refractivity contribution is -0.0668. The van der Waals surface area contributed by atoms with Crippen LogP contribution in [0.4, 0.5) is 5.82 Å². The third-order valence-corrected chi connectivity index (χ3v) is 3.14. The van der Waals surface area contributed by atoms with Crippen molar-refractivity contribution in [3.63, 3.8) is 0 Å². The second kappa shape index (κ2) is 5.99. The minimum atomic E-state index is -0.213. The van der Waals surface area contributed by atoms with Crippen molar-refractivity contribution in [2.24, 2.45) is 0 Å². The van der Waals surface area contributed by atoms with Crippen LogP contribution in [0.1, 0.15) is 32.9 Å². The maximum atomic E-state index is 9.28. The molecular formula is C13H20N4O2. The zero-order valence-corrected chi connectivity index (χ0v) is 11.3. The fourth-order valence-corrected chi connectivity index (χ4v) is 2.15. The summed E-state index contributed by atoms with van der Waals surface area (Å²) in [6, 6.07) is 1.87. The fraction of sp³-hybridized carbons (Fsp3) is 0.538. The van der Waals surface area contributed by atoms with Crippen LogP contribution in [0.2, 0.25) is 0 Å². The number of nitrogen functional groups attached to an aromatic ring is 1. The summed E-state index contributed by atoms with van der Waals surface area (Å²) in [7, 11) is 0. The molecule has 0 bridgehead atoms. The number of aromatic nitrogens is 3. The number of nitrogens with zero attached hydrogens (tertiary/aromatic N) is 3. The minimum Gasteiger partial charge on any atom is -0.394 e. The topological polar surface area (TPSA) is 86.2 Å². The highest BCUT2D eigenvalue weighted by molar-refractivity contribution is 5.85. The number of anilines is 1. The van der Waals surface area contributed by atoms with Gasteiger partial charge in [-0.1, -0.05) is 13.3 Å². The largest absolute Gasteiger partial charge is 0.394 e. The van der Waals surface area contributed by atoms with Gasteiger partial charge in [-0.15, -0.1) is 0 Å². The van der Waals surface area contributed by atoms with E-state index < -0.39 is 0 Å². The fourth-order valence-electron chi connectivity index (χ4n) is 2.15. The average Bonchev–Trinajstić information content (AvgIpc) is 2.83. The third-order valence-electron chi connectivity index (χ3n) is 3.14. The maximum absolute atomic E-state index is 9.28. The Morgan fingerprint density at radius 2 is 2.26 bits per heavy atom. The smallest absolute Gasteiger partial charge is 0.147 e. The van der Waals surface area contributed by atoms with E-state index in [9.17, 15) is 5.11 Å². The summed E-state index contributed by atoms with van der Waals surface area (Å²) >= 11 is 0. The van der Waals surface area contributed by atoms with Gasteiger partial charge in [-0.2, -0.15) is 0 Å². The van der Waals surface area contributed by atoms with Gasteiger partial charge in [0.2, 0.25) is 0 Å². The van der Waals surface area contributed by atoms with E-state index >= 15 is 0 Å². The molecule has 0 amide bonds. The number of hydrogen-bond acceptors (Lipinski definition) is 5. The van der Waals surface area contributed by atoms with E-state index in [1.165, 1.54) is 6.33 Å². The highest BCUT2D eigenvalue weighted by Gasteiger charge is 2.16. The van der Waals surface area contributed by atoms with Crippen LogP contribution in [-0.4, -0.2) is 32.4 Å². The van der Waals surface area contributed by atoms with E-state index in [0.717, 1.165) is 23.9 Å². The van der Waals surface area contributed by atoms with Crippen LogP contribution in [0, 0.1) is 0 Å². The van der Waals surface area contributed by atoms with Gasteiger partial charge in [0.1, 0.15) is 24.0 Å². The van der Waals surface area contributed by atoms with Crippen molar-refractivity contribution in [1.82, 2.24) is 14.5 Å². The molecule has 0 radical (unpaired) electrons. The lowest BCUT2D eigenvalue weighted by Crippen LogP contribution is -2.22. The first-order valence-electron chi connectivity index (χ1n) is 6.50. The molecule has 0 aliphatic carbocycles. The second-order valence-corrected chi connectivity index (χ2v) is 4.55. The van der Waals surface area contributed by atoms with Crippen LogP contribution in [0.15, 0.2) is 18.6 Å². The van der Waals surface area contributed by atoms with Crippen LogP contribution in [0.3, 0.4) is 0 Å². The van der Waals surface area contributed by atoms with Gasteiger partial charge < -0.3 is 20.1 Å². The Morgan fingerprint density at radius 3 is 2.95 bits per heavy atom. The van der Waals surface area contributed by atoms with Crippen molar-refractivity contribution in [3.8, 4) is 0 Å². The Kier molecular flexibility index (Phi) is 4.34. The van der Waals surface area contributed by atoms with Crippen molar-refractivity contribution < 1.29 is 9.84 Å². The van der Waals surface area contributed by atoms with Crippen LogP contribution in [0.25, 0.3) is 11.0 Å². The Labute approximate surface area is 112 Å². The van der Waals surface area contributed by atoms with E-state index in [1.807, 2.05) is 23.8 Å². The van der Waals surface area contributed by atoms with Gasteiger partial charge in [0.15, 0.2) is 0 Å². The summed E-state index contributed by atoms with van der Waals surface area (Å²) in [4.78, 5) is 8.19. The molecule has 2 atom stereocenters. The molecule has 0 fully saturated rings. The number of aliphatic hydroxyl groups is 1. The number of fused-ring (bicyclic) bond motifs is 1. The molecule has 0 saturated heterocycles. The molecule has 1 unspecified atom stereocenters. The summed E-state index contributed by atoms with van der Waals surface area (Å²) in [6.07, 6.45) is 4.75. The van der Waals surface area contributed by atoms with E-state index in [1.54, 1.807) is 0 Å². The molecule has 6 nitrogen and oxygen atoms in total. The molecule has 0 aliphatic heterocycles. The first-order valence-corrected chi connectivity index (χ1v) is 6.50. The zero-order valence-electron chi connectivity index (χ0n) is 11.3. The van der Waals surface area contributed by atoms with Crippen molar-refractivity contribution in [3.05, 3.63) is 18.6 Å². The number of hydrogen-bond donors (Lipinski definition) is 2. The predicted molar refractivity (Wildman–Crippen MR) is 73.5 cm³/mol. The molecule has 3 N–H and O–H groups in total. The number of nitrogens with two attached hydrogens (primary N) is 1. The molecule has 0 saturated carbocycles. The second-order valence-electron chi connectivity index (χ2n) is 4.55. The molecule has 6 heteroatoms. The minimum absolute atomic E-state index is 0.0223. The lowest BCUT2D eigenvalue weighted by atomic mass is 10.2. The normalized spacial score (nSPS) is 14.7. The predicted octanol–water partition coefficient (Wildman–Crippen LogP) is 1.71. The number of ether oxygens (including phenoxy) is 1. The first kappa shape index (κ1) is 13.8. The van der Waals surface area contributed by atoms with Crippen LogP contribution in [0.5, 0.6) is 0 Å². The summed E-state index contributed by atoms with van der Waals surface area (Å²) < 4.78 is 7.74. The van der Waals surface area contributed by atoms with E-state index in [-0.39, 0.29) is 18.9 Å². The van der Waals surface area contributed by atoms with Crippen LogP contribution < -0.4 is 5.73 Å². The first-order chi connectivity index (χ1) is 9.17. The van der Waals surface area contributed by atoms with Gasteiger partial charge in [-0.3, -0.25) is 0 Å². The molecule has 2 aromatic rings. The molecule has 0 aromatic carbocycles. The Bertz CT molecular complexity index is 540. The van der Waals surface area contributed by atoms with Crippen LogP contribution >= 0.6 is 0 Å². The lowest BCUT2D eigenvalue weighted by Gasteiger charge is -2.22. The quantitative estimate of drug-likeness (QED) is 0.829. The molecule has 2 rings (SSSR count). The highest BCUT2D eigenvalue weighted by atomic mass is 16.5. The van der Waals surface area contributed by atoms with Gasteiger partial charge in [0.25, 0.3) is 0 Å². The van der Waals surface area contributed by atoms with E-state index in [0.29, 0.717) is 5.82 Å². The molecule has 2 aromatic heterocycles. The van der Waals surface area contributed by atoms with Crippen LogP contribution in [-0.2, 0) is 4.74 Å². The standard InChI is InChI=1S/C13H20N4O2/c1-3-4-10(7-18)19-9(2)17-6-5-11-12(14)15-8-16-13(11)17/h5-6,8-10,18H,3-4,7H2,1-2H3,(H2,14,15,16)/t9?,10-/m0/s1. The Balaban J connectivity index is 2.21. The molecule has 19 heavy (non-hydrogen) atoms. The molecule has 0 aliphatic rings. The number of aliphatic hydroxyl groups excluding tert-OH is 1. The highest BCUT2D eigenvalue weighted by Crippen LogP contribution is 2.23. The third kappa shape index (κ3) is 2.85. The number of rotatable bonds is 6. The monoisotopic (exact) mass is 264 g/mol. The van der Waals surface area contributed by atoms with Gasteiger partial charge in [-0.05, 0) is 19.4 Å². The van der Waals surface area contributed by atoms with E-state index in [4.69, 9.17) is 10.5 Å². The van der Waals surface area contributed by atoms with Crippen molar-refractivity contribution in [2.75, 3.05) is 12.3 Å². The van der Waals surface area contributed by atoms with Gasteiger partial charge in [0, 0.05) is 6.20 Å². The van der Waals surface area contributed by atoms with E-state index in [2.05, 4.69) is 16.9 Å². The van der Waals surface area contributed by atoms with Crippen molar-refractivity contribution in [2.45, 2.75) is 39.0 Å². The summed E-state index contributed by atoms with van der Waals surface area (Å²) in [6.45, 7) is 4.01. The zero-order chi connectivity index (χ0) is 13.8. The molecule has 0 spiro atoms. The molecule has 104 valence electrons. The van der Waals surface area contributed by atoms with Gasteiger partial charge in [-0.25, -0.2) is 9.97 Å². The molecular weight excluding hydrogens is 244 g/mol. The summed E-state index contributed by atoms with van der Waals surface area (Å²) in [5, 5.41) is 10.1. The average molecular weight is 264 g/mol. The maximum Gasteiger partial charge on any atom is 0.147 e. The summed E-state index contributed by atoms with van der Waals surface area (Å²) in [5.74, 6) is 0.461. The summed E-state index contributed by atoms with van der Waals surface area (Å²) in [5.41, 5.74) is 6.54. The Morgan fingerprint density at radius 1 is 1.47 bits per heavy atom. The molecule has 2 heterocycles.